The van der Waals surface area contributed by atoms with Gasteiger partial charge in [0.05, 0.1) is 0 Å². The van der Waals surface area contributed by atoms with E-state index in [2.05, 4.69) is 35.6 Å². The number of rotatable bonds is 7. The quantitative estimate of drug-likeness (QED) is 0.757. The van der Waals surface area contributed by atoms with Crippen LogP contribution in [0.4, 0.5) is 0 Å². The van der Waals surface area contributed by atoms with Crippen molar-refractivity contribution in [2.45, 2.75) is 50.9 Å². The van der Waals surface area contributed by atoms with Gasteiger partial charge in [0, 0.05) is 13.0 Å². The minimum absolute atomic E-state index is 0.218. The van der Waals surface area contributed by atoms with Crippen molar-refractivity contribution < 1.29 is 4.79 Å². The maximum atomic E-state index is 11.9. The molecule has 1 fully saturated rings. The second-order valence-corrected chi connectivity index (χ2v) is 6.18. The molecule has 3 N–H and O–H groups in total. The monoisotopic (exact) mass is 288 g/mol. The first-order valence-electron chi connectivity index (χ1n) is 8.31. The summed E-state index contributed by atoms with van der Waals surface area (Å²) in [5.41, 5.74) is 6.90. The zero-order chi connectivity index (χ0) is 14.9. The predicted octanol–water partition coefficient (Wildman–Crippen LogP) is 3.21. The van der Waals surface area contributed by atoms with E-state index in [4.69, 9.17) is 5.73 Å². The van der Waals surface area contributed by atoms with Crippen molar-refractivity contribution in [3.8, 4) is 0 Å². The van der Waals surface area contributed by atoms with Gasteiger partial charge in [0.1, 0.15) is 0 Å². The van der Waals surface area contributed by atoms with Gasteiger partial charge in [-0.25, -0.2) is 0 Å². The van der Waals surface area contributed by atoms with Crippen molar-refractivity contribution in [2.75, 3.05) is 13.1 Å². The van der Waals surface area contributed by atoms with Gasteiger partial charge in [-0.15, -0.1) is 0 Å². The maximum Gasteiger partial charge on any atom is 0.220 e. The first-order chi connectivity index (χ1) is 10.3. The molecule has 0 aromatic heterocycles. The molecule has 0 unspecified atom stereocenters. The molecule has 0 heterocycles. The Hall–Kier alpha value is -1.35. The zero-order valence-corrected chi connectivity index (χ0v) is 12.9. The molecule has 1 amide bonds. The molecule has 0 radical (unpaired) electrons. The fourth-order valence-electron chi connectivity index (χ4n) is 3.26. The molecule has 0 saturated heterocycles. The summed E-state index contributed by atoms with van der Waals surface area (Å²) >= 11 is 0. The predicted molar refractivity (Wildman–Crippen MR) is 87.1 cm³/mol. The van der Waals surface area contributed by atoms with Crippen LogP contribution >= 0.6 is 0 Å². The van der Waals surface area contributed by atoms with E-state index in [0.29, 0.717) is 24.8 Å². The SMILES string of the molecule is NCCCCNC(=O)CC1CCC(c2ccccc2)CC1. The second-order valence-electron chi connectivity index (χ2n) is 6.18. The molecule has 0 aliphatic heterocycles. The Morgan fingerprint density at radius 2 is 1.81 bits per heavy atom. The maximum absolute atomic E-state index is 11.9. The lowest BCUT2D eigenvalue weighted by atomic mass is 9.77. The van der Waals surface area contributed by atoms with Gasteiger partial charge in [0.2, 0.25) is 5.91 Å². The molecular formula is C18H28N2O. The molecule has 1 aliphatic carbocycles. The molecule has 0 spiro atoms. The third-order valence-corrected chi connectivity index (χ3v) is 4.54. The van der Waals surface area contributed by atoms with Crippen LogP contribution in [0.25, 0.3) is 0 Å². The Balaban J connectivity index is 1.66. The number of amides is 1. The van der Waals surface area contributed by atoms with Crippen LogP contribution in [-0.4, -0.2) is 19.0 Å². The van der Waals surface area contributed by atoms with E-state index in [0.717, 1.165) is 19.4 Å². The summed E-state index contributed by atoms with van der Waals surface area (Å²) in [5.74, 6) is 1.48. The average molecular weight is 288 g/mol. The van der Waals surface area contributed by atoms with Crippen molar-refractivity contribution >= 4 is 5.91 Å². The van der Waals surface area contributed by atoms with Crippen LogP contribution in [0, 0.1) is 5.92 Å². The van der Waals surface area contributed by atoms with Gasteiger partial charge in [-0.2, -0.15) is 0 Å². The summed E-state index contributed by atoms with van der Waals surface area (Å²) in [7, 11) is 0. The van der Waals surface area contributed by atoms with Gasteiger partial charge >= 0.3 is 0 Å². The Morgan fingerprint density at radius 1 is 1.10 bits per heavy atom. The second kappa shape index (κ2) is 8.83. The van der Waals surface area contributed by atoms with Crippen molar-refractivity contribution in [3.05, 3.63) is 35.9 Å². The number of nitrogens with one attached hydrogen (secondary N) is 1. The third-order valence-electron chi connectivity index (χ3n) is 4.54. The molecule has 3 heteroatoms. The van der Waals surface area contributed by atoms with E-state index >= 15 is 0 Å². The van der Waals surface area contributed by atoms with Crippen LogP contribution in [0.1, 0.15) is 56.4 Å². The lowest BCUT2D eigenvalue weighted by Crippen LogP contribution is -2.28. The van der Waals surface area contributed by atoms with E-state index < -0.39 is 0 Å². The van der Waals surface area contributed by atoms with Gasteiger partial charge in [0.15, 0.2) is 0 Å². The fourth-order valence-corrected chi connectivity index (χ4v) is 3.26. The number of benzene rings is 1. The van der Waals surface area contributed by atoms with Gasteiger partial charge in [-0.05, 0) is 62.5 Å². The topological polar surface area (TPSA) is 55.1 Å². The number of hydrogen-bond acceptors (Lipinski definition) is 2. The van der Waals surface area contributed by atoms with Gasteiger partial charge in [-0.3, -0.25) is 4.79 Å². The number of unbranched alkanes of at least 4 members (excludes halogenated alkanes) is 1. The number of carbonyl (C=O) groups excluding carboxylic acids is 1. The average Bonchev–Trinajstić information content (AvgIpc) is 2.53. The minimum atomic E-state index is 0.218. The highest BCUT2D eigenvalue weighted by atomic mass is 16.1. The van der Waals surface area contributed by atoms with Crippen LogP contribution in [0.3, 0.4) is 0 Å². The van der Waals surface area contributed by atoms with Gasteiger partial charge in [0.25, 0.3) is 0 Å². The number of hydrogen-bond donors (Lipinski definition) is 2. The van der Waals surface area contributed by atoms with Crippen LogP contribution in [0.15, 0.2) is 30.3 Å². The first kappa shape index (κ1) is 16.0. The Morgan fingerprint density at radius 3 is 2.48 bits per heavy atom. The Labute approximate surface area is 128 Å². The smallest absolute Gasteiger partial charge is 0.220 e. The molecular weight excluding hydrogens is 260 g/mol. The molecule has 1 aromatic rings. The number of carbonyl (C=O) groups is 1. The van der Waals surface area contributed by atoms with Crippen molar-refractivity contribution in [1.29, 1.82) is 0 Å². The lowest BCUT2D eigenvalue weighted by molar-refractivity contribution is -0.122. The van der Waals surface area contributed by atoms with Crippen LogP contribution < -0.4 is 11.1 Å². The van der Waals surface area contributed by atoms with Crippen LogP contribution in [-0.2, 0) is 4.79 Å². The highest BCUT2D eigenvalue weighted by molar-refractivity contribution is 5.76. The third kappa shape index (κ3) is 5.50. The highest BCUT2D eigenvalue weighted by Gasteiger charge is 2.23. The van der Waals surface area contributed by atoms with Crippen molar-refractivity contribution in [1.82, 2.24) is 5.32 Å². The Bertz CT molecular complexity index is 410. The van der Waals surface area contributed by atoms with E-state index in [9.17, 15) is 4.79 Å². The number of nitrogens with two attached hydrogens (primary N) is 1. The largest absolute Gasteiger partial charge is 0.356 e. The van der Waals surface area contributed by atoms with Gasteiger partial charge < -0.3 is 11.1 Å². The molecule has 1 aromatic carbocycles. The summed E-state index contributed by atoms with van der Waals surface area (Å²) in [5, 5.41) is 3.01. The zero-order valence-electron chi connectivity index (χ0n) is 12.9. The van der Waals surface area contributed by atoms with Crippen LogP contribution in [0.2, 0.25) is 0 Å². The molecule has 0 atom stereocenters. The van der Waals surface area contributed by atoms with E-state index in [-0.39, 0.29) is 5.91 Å². The normalized spacial score (nSPS) is 22.0. The van der Waals surface area contributed by atoms with Crippen molar-refractivity contribution in [2.24, 2.45) is 11.7 Å². The lowest BCUT2D eigenvalue weighted by Gasteiger charge is -2.28. The van der Waals surface area contributed by atoms with E-state index in [1.165, 1.54) is 31.2 Å². The summed E-state index contributed by atoms with van der Waals surface area (Å²) in [6.07, 6.45) is 7.46. The fraction of sp³-hybridized carbons (Fsp3) is 0.611. The first-order valence-corrected chi connectivity index (χ1v) is 8.31. The summed E-state index contributed by atoms with van der Waals surface area (Å²) in [6.45, 7) is 1.48. The molecule has 21 heavy (non-hydrogen) atoms. The summed E-state index contributed by atoms with van der Waals surface area (Å²) in [6, 6.07) is 10.8. The molecule has 0 bridgehead atoms. The molecule has 1 aliphatic rings. The van der Waals surface area contributed by atoms with Crippen LogP contribution in [0.5, 0.6) is 0 Å². The van der Waals surface area contributed by atoms with E-state index in [1.54, 1.807) is 0 Å². The van der Waals surface area contributed by atoms with Gasteiger partial charge in [-0.1, -0.05) is 30.3 Å². The minimum Gasteiger partial charge on any atom is -0.356 e. The molecule has 116 valence electrons. The molecule has 2 rings (SSSR count). The molecule has 1 saturated carbocycles. The standard InChI is InChI=1S/C18H28N2O/c19-12-4-5-13-20-18(21)14-15-8-10-17(11-9-15)16-6-2-1-3-7-16/h1-3,6-7,15,17H,4-5,8-14,19H2,(H,20,21). The summed E-state index contributed by atoms with van der Waals surface area (Å²) < 4.78 is 0. The Kier molecular flexibility index (Phi) is 6.74. The molecule has 3 nitrogen and oxygen atoms in total. The highest BCUT2D eigenvalue weighted by Crippen LogP contribution is 2.36. The van der Waals surface area contributed by atoms with E-state index in [1.807, 2.05) is 0 Å². The summed E-state index contributed by atoms with van der Waals surface area (Å²) in [4.78, 5) is 11.9. The van der Waals surface area contributed by atoms with Crippen molar-refractivity contribution in [3.63, 3.8) is 0 Å².